The van der Waals surface area contributed by atoms with E-state index in [9.17, 15) is 42.3 Å². The molecule has 1 heterocycles. The summed E-state index contributed by atoms with van der Waals surface area (Å²) in [5, 5.41) is 11.6. The van der Waals surface area contributed by atoms with Crippen molar-refractivity contribution in [1.29, 1.82) is 0 Å². The van der Waals surface area contributed by atoms with Gasteiger partial charge in [-0.2, -0.15) is 4.39 Å². The maximum Gasteiger partial charge on any atom is 0.316 e. The van der Waals surface area contributed by atoms with Gasteiger partial charge >= 0.3 is 17.8 Å². The third-order valence-corrected chi connectivity index (χ3v) is 7.45. The Morgan fingerprint density at radius 2 is 1.68 bits per heavy atom. The number of nitrogens with one attached hydrogen (secondary N) is 1. The van der Waals surface area contributed by atoms with Crippen molar-refractivity contribution in [3.05, 3.63) is 58.9 Å². The maximum atomic E-state index is 14.2. The number of amides is 3. The molecule has 2 N–H and O–H groups in total. The number of rotatable bonds is 9. The summed E-state index contributed by atoms with van der Waals surface area (Å²) in [5.41, 5.74) is 0.936. The molecular weight excluding hydrogens is 583 g/mol. The minimum atomic E-state index is -1.65. The van der Waals surface area contributed by atoms with Gasteiger partial charge in [0.05, 0.1) is 6.42 Å². The first kappa shape index (κ1) is 34.1. The molecule has 0 unspecified atom stereocenters. The molecule has 0 saturated carbocycles. The van der Waals surface area contributed by atoms with Crippen LogP contribution >= 0.6 is 0 Å². The highest BCUT2D eigenvalue weighted by molar-refractivity contribution is 6.40. The Hall–Kier alpha value is -4.42. The second-order valence-electron chi connectivity index (χ2n) is 11.7. The van der Waals surface area contributed by atoms with Crippen molar-refractivity contribution in [2.45, 2.75) is 58.4 Å². The van der Waals surface area contributed by atoms with Gasteiger partial charge in [-0.1, -0.05) is 39.0 Å². The summed E-state index contributed by atoms with van der Waals surface area (Å²) >= 11 is 0. The molecule has 44 heavy (non-hydrogen) atoms. The fourth-order valence-corrected chi connectivity index (χ4v) is 4.91. The highest BCUT2D eigenvalue weighted by Crippen LogP contribution is 2.32. The van der Waals surface area contributed by atoms with Crippen LogP contribution in [0.3, 0.4) is 0 Å². The third kappa shape index (κ3) is 7.94. The van der Waals surface area contributed by atoms with Gasteiger partial charge in [-0.15, -0.1) is 0 Å². The monoisotopic (exact) mass is 619 g/mol. The number of ether oxygens (including phenoxy) is 1. The second-order valence-corrected chi connectivity index (χ2v) is 11.7. The number of carboxylic acid groups (broad SMARTS) is 1. The summed E-state index contributed by atoms with van der Waals surface area (Å²) < 4.78 is 46.8. The van der Waals surface area contributed by atoms with Crippen LogP contribution in [0.25, 0.3) is 0 Å². The summed E-state index contributed by atoms with van der Waals surface area (Å²) in [6, 6.07) is 6.29. The normalized spacial score (nSPS) is 14.5. The molecule has 1 atom stereocenters. The van der Waals surface area contributed by atoms with E-state index in [2.05, 4.69) is 5.32 Å². The van der Waals surface area contributed by atoms with Gasteiger partial charge < -0.3 is 25.0 Å². The first-order valence-corrected chi connectivity index (χ1v) is 14.0. The number of para-hydroxylation sites is 1. The van der Waals surface area contributed by atoms with Gasteiger partial charge in [-0.25, -0.2) is 8.78 Å². The van der Waals surface area contributed by atoms with E-state index in [-0.39, 0.29) is 36.9 Å². The lowest BCUT2D eigenvalue weighted by Gasteiger charge is -2.33. The second kappa shape index (κ2) is 13.9. The molecule has 2 aromatic carbocycles. The van der Waals surface area contributed by atoms with Crippen molar-refractivity contribution in [1.82, 2.24) is 10.2 Å². The molecule has 1 saturated heterocycles. The molecule has 0 spiro atoms. The molecule has 0 bridgehead atoms. The van der Waals surface area contributed by atoms with Gasteiger partial charge in [0.1, 0.15) is 12.6 Å². The first-order chi connectivity index (χ1) is 20.5. The summed E-state index contributed by atoms with van der Waals surface area (Å²) in [6.07, 6.45) is -0.567. The minimum absolute atomic E-state index is 0.0650. The predicted molar refractivity (Wildman–Crippen MR) is 154 cm³/mol. The number of likely N-dealkylation sites (N-methyl/N-ethyl adjacent to an activating group) is 1. The number of anilines is 1. The molecule has 238 valence electrons. The van der Waals surface area contributed by atoms with Crippen molar-refractivity contribution < 1.29 is 47.0 Å². The van der Waals surface area contributed by atoms with Crippen LogP contribution in [0, 0.1) is 30.3 Å². The number of ketones is 1. The standard InChI is InChI=1S/C31H36F3N3O7/c1-17-14-20(32)26(34)27(25(17)33)44-16-23(38)21(15-24(39)40)35-28(41)18-10-12-37(13-11-18)30(43)29(42)36(5)22-9-7-6-8-19(22)31(2,3)4/h6-9,14,18,21H,10-13,15-16H2,1-5H3,(H,35,41)(H,39,40)/t21-/m0/s1. The highest BCUT2D eigenvalue weighted by Gasteiger charge is 2.35. The Balaban J connectivity index is 1.61. The summed E-state index contributed by atoms with van der Waals surface area (Å²) in [6.45, 7) is 6.25. The van der Waals surface area contributed by atoms with Crippen LogP contribution in [-0.4, -0.2) is 72.3 Å². The zero-order valence-corrected chi connectivity index (χ0v) is 25.2. The predicted octanol–water partition coefficient (Wildman–Crippen LogP) is 3.52. The van der Waals surface area contributed by atoms with Crippen molar-refractivity contribution >= 4 is 35.2 Å². The molecule has 2 aromatic rings. The third-order valence-electron chi connectivity index (χ3n) is 7.45. The molecule has 10 nitrogen and oxygen atoms in total. The van der Waals surface area contributed by atoms with Crippen LogP contribution in [0.4, 0.5) is 18.9 Å². The Morgan fingerprint density at radius 1 is 1.07 bits per heavy atom. The van der Waals surface area contributed by atoms with Crippen LogP contribution in [-0.2, 0) is 29.4 Å². The number of carbonyl (C=O) groups excluding carboxylic acids is 4. The summed E-state index contributed by atoms with van der Waals surface area (Å²) in [7, 11) is 1.52. The van der Waals surface area contributed by atoms with E-state index >= 15 is 0 Å². The molecule has 1 aliphatic heterocycles. The molecule has 3 rings (SSSR count). The first-order valence-electron chi connectivity index (χ1n) is 14.0. The number of aliphatic carboxylic acids is 1. The van der Waals surface area contributed by atoms with Crippen LogP contribution in [0.1, 0.15) is 51.2 Å². The molecule has 0 radical (unpaired) electrons. The summed E-state index contributed by atoms with van der Waals surface area (Å²) in [5.74, 6) is -10.7. The number of benzene rings is 2. The van der Waals surface area contributed by atoms with E-state index in [0.29, 0.717) is 11.8 Å². The fraction of sp³-hybridized carbons (Fsp3) is 0.452. The number of aryl methyl sites for hydroxylation is 1. The van der Waals surface area contributed by atoms with Gasteiger partial charge in [0.2, 0.25) is 11.7 Å². The van der Waals surface area contributed by atoms with E-state index in [1.807, 2.05) is 32.9 Å². The lowest BCUT2D eigenvalue weighted by molar-refractivity contribution is -0.146. The minimum Gasteiger partial charge on any atom is -0.481 e. The Kier molecular flexibility index (Phi) is 10.8. The number of carboxylic acids is 1. The Labute approximate surface area is 253 Å². The number of nitrogens with zero attached hydrogens (tertiary/aromatic N) is 2. The van der Waals surface area contributed by atoms with Gasteiger partial charge in [-0.05, 0) is 48.4 Å². The van der Waals surface area contributed by atoms with Crippen molar-refractivity contribution in [3.63, 3.8) is 0 Å². The molecule has 13 heteroatoms. The van der Waals surface area contributed by atoms with Crippen LogP contribution < -0.4 is 15.0 Å². The van der Waals surface area contributed by atoms with E-state index in [1.165, 1.54) is 23.8 Å². The number of carbonyl (C=O) groups is 5. The Morgan fingerprint density at radius 3 is 2.27 bits per heavy atom. The summed E-state index contributed by atoms with van der Waals surface area (Å²) in [4.78, 5) is 65.8. The smallest absolute Gasteiger partial charge is 0.316 e. The van der Waals surface area contributed by atoms with E-state index in [1.54, 1.807) is 12.1 Å². The highest BCUT2D eigenvalue weighted by atomic mass is 19.2. The molecule has 1 fully saturated rings. The van der Waals surface area contributed by atoms with Crippen LogP contribution in [0.15, 0.2) is 30.3 Å². The molecule has 1 aliphatic rings. The van der Waals surface area contributed by atoms with Crippen LogP contribution in [0.5, 0.6) is 5.75 Å². The van der Waals surface area contributed by atoms with Gasteiger partial charge in [-0.3, -0.25) is 24.0 Å². The number of likely N-dealkylation sites (tertiary alicyclic amines) is 1. The number of hydrogen-bond acceptors (Lipinski definition) is 6. The number of halogens is 3. The lowest BCUT2D eigenvalue weighted by atomic mass is 9.85. The van der Waals surface area contributed by atoms with Crippen LogP contribution in [0.2, 0.25) is 0 Å². The molecular formula is C31H36F3N3O7. The van der Waals surface area contributed by atoms with Crippen molar-refractivity contribution in [3.8, 4) is 5.75 Å². The number of hydrogen-bond donors (Lipinski definition) is 2. The average molecular weight is 620 g/mol. The SMILES string of the molecule is Cc1cc(F)c(F)c(OCC(=O)[C@H](CC(=O)O)NC(=O)C2CCN(C(=O)C(=O)N(C)c3ccccc3C(C)(C)C)CC2)c1F. The largest absolute Gasteiger partial charge is 0.481 e. The number of piperidine rings is 1. The van der Waals surface area contributed by atoms with E-state index in [4.69, 9.17) is 4.74 Å². The number of Topliss-reactive ketones (excluding diaryl/α,β-unsaturated/α-hetero) is 1. The maximum absolute atomic E-state index is 14.2. The van der Waals surface area contributed by atoms with E-state index < -0.39 is 77.7 Å². The average Bonchev–Trinajstić information content (AvgIpc) is 2.97. The zero-order chi connectivity index (χ0) is 32.9. The topological polar surface area (TPSA) is 133 Å². The van der Waals surface area contributed by atoms with Crippen molar-refractivity contribution in [2.24, 2.45) is 5.92 Å². The van der Waals surface area contributed by atoms with Gasteiger partial charge in [0, 0.05) is 31.7 Å². The Bertz CT molecular complexity index is 1420. The molecule has 0 aromatic heterocycles. The molecule has 3 amide bonds. The quantitative estimate of drug-likeness (QED) is 0.324. The van der Waals surface area contributed by atoms with Gasteiger partial charge in [0.15, 0.2) is 23.2 Å². The fourth-order valence-electron chi connectivity index (χ4n) is 4.91. The molecule has 0 aliphatic carbocycles. The zero-order valence-electron chi connectivity index (χ0n) is 25.2. The van der Waals surface area contributed by atoms with Gasteiger partial charge in [0.25, 0.3) is 0 Å². The lowest BCUT2D eigenvalue weighted by Crippen LogP contribution is -2.51. The van der Waals surface area contributed by atoms with Crippen molar-refractivity contribution in [2.75, 3.05) is 31.6 Å². The van der Waals surface area contributed by atoms with E-state index in [0.717, 1.165) is 5.56 Å².